The monoisotopic (exact) mass is 283 g/mol. The second-order valence-electron chi connectivity index (χ2n) is 5.93. The second kappa shape index (κ2) is 6.25. The molecule has 1 heterocycles. The van der Waals surface area contributed by atoms with E-state index in [9.17, 15) is 0 Å². The highest BCUT2D eigenvalue weighted by Crippen LogP contribution is 2.27. The van der Waals surface area contributed by atoms with Crippen LogP contribution in [0.1, 0.15) is 49.2 Å². The van der Waals surface area contributed by atoms with Gasteiger partial charge in [-0.05, 0) is 50.5 Å². The first-order valence-corrected chi connectivity index (χ1v) is 7.63. The predicted molar refractivity (Wildman–Crippen MR) is 89.9 cm³/mol. The number of anilines is 1. The van der Waals surface area contributed by atoms with Crippen molar-refractivity contribution in [2.24, 2.45) is 0 Å². The van der Waals surface area contributed by atoms with Crippen molar-refractivity contribution in [2.75, 3.05) is 11.9 Å². The second-order valence-corrected chi connectivity index (χ2v) is 5.93. The molecule has 1 aromatic heterocycles. The van der Waals surface area contributed by atoms with Crippen molar-refractivity contribution in [3.63, 3.8) is 0 Å². The Labute approximate surface area is 127 Å². The van der Waals surface area contributed by atoms with Crippen LogP contribution in [-0.2, 0) is 0 Å². The smallest absolute Gasteiger partial charge is 0.133 e. The summed E-state index contributed by atoms with van der Waals surface area (Å²) in [5.41, 5.74) is 6.08. The molecule has 1 N–H and O–H groups in total. The molecule has 1 aromatic carbocycles. The minimum atomic E-state index is 0.314. The van der Waals surface area contributed by atoms with Crippen LogP contribution in [0.25, 0.3) is 11.3 Å². The van der Waals surface area contributed by atoms with Gasteiger partial charge in [-0.3, -0.25) is 0 Å². The van der Waals surface area contributed by atoms with Crippen LogP contribution in [0.3, 0.4) is 0 Å². The Balaban J connectivity index is 2.59. The van der Waals surface area contributed by atoms with Crippen LogP contribution >= 0.6 is 0 Å². The van der Waals surface area contributed by atoms with Gasteiger partial charge in [-0.2, -0.15) is 0 Å². The fraction of sp³-hybridized carbons (Fsp3) is 0.444. The van der Waals surface area contributed by atoms with Crippen molar-refractivity contribution in [1.82, 2.24) is 9.97 Å². The third-order valence-electron chi connectivity index (χ3n) is 3.73. The predicted octanol–water partition coefficient (Wildman–Crippen LogP) is 4.62. The Morgan fingerprint density at radius 3 is 2.24 bits per heavy atom. The van der Waals surface area contributed by atoms with Crippen LogP contribution in [0.4, 0.5) is 5.82 Å². The molecule has 0 fully saturated rings. The van der Waals surface area contributed by atoms with Crippen LogP contribution < -0.4 is 5.32 Å². The van der Waals surface area contributed by atoms with Crippen molar-refractivity contribution in [2.45, 2.75) is 47.5 Å². The molecule has 0 amide bonds. The van der Waals surface area contributed by atoms with Crippen LogP contribution in [0, 0.1) is 20.8 Å². The number of aromatic nitrogens is 2. The molecule has 0 saturated carbocycles. The normalized spacial score (nSPS) is 11.0. The fourth-order valence-electron chi connectivity index (χ4n) is 2.37. The zero-order valence-corrected chi connectivity index (χ0v) is 13.9. The zero-order chi connectivity index (χ0) is 15.6. The van der Waals surface area contributed by atoms with Crippen molar-refractivity contribution in [3.05, 3.63) is 40.7 Å². The van der Waals surface area contributed by atoms with E-state index in [1.54, 1.807) is 0 Å². The number of rotatable bonds is 4. The SMILES string of the molecule is CCNc1cc(-c2cc(C)c(C)cc2C)nc(C(C)C)n1. The van der Waals surface area contributed by atoms with E-state index in [1.165, 1.54) is 22.3 Å². The van der Waals surface area contributed by atoms with E-state index in [0.29, 0.717) is 5.92 Å². The van der Waals surface area contributed by atoms with E-state index in [4.69, 9.17) is 4.98 Å². The van der Waals surface area contributed by atoms with Crippen molar-refractivity contribution < 1.29 is 0 Å². The molecule has 0 atom stereocenters. The van der Waals surface area contributed by atoms with Gasteiger partial charge in [0.15, 0.2) is 0 Å². The molecule has 2 rings (SSSR count). The summed E-state index contributed by atoms with van der Waals surface area (Å²) in [6.45, 7) is 13.6. The lowest BCUT2D eigenvalue weighted by Gasteiger charge is -2.14. The summed E-state index contributed by atoms with van der Waals surface area (Å²) in [5, 5.41) is 3.31. The summed E-state index contributed by atoms with van der Waals surface area (Å²) in [4.78, 5) is 9.36. The molecule has 0 aliphatic carbocycles. The van der Waals surface area contributed by atoms with E-state index in [0.717, 1.165) is 23.9 Å². The summed E-state index contributed by atoms with van der Waals surface area (Å²) in [6, 6.07) is 6.51. The number of aryl methyl sites for hydroxylation is 3. The molecule has 3 heteroatoms. The highest BCUT2D eigenvalue weighted by molar-refractivity contribution is 5.67. The van der Waals surface area contributed by atoms with Crippen molar-refractivity contribution >= 4 is 5.82 Å². The maximum Gasteiger partial charge on any atom is 0.133 e. The first kappa shape index (κ1) is 15.5. The summed E-state index contributed by atoms with van der Waals surface area (Å²) in [5.74, 6) is 2.11. The van der Waals surface area contributed by atoms with Gasteiger partial charge in [-0.25, -0.2) is 9.97 Å². The Kier molecular flexibility index (Phi) is 4.61. The van der Waals surface area contributed by atoms with E-state index in [2.05, 4.69) is 64.0 Å². The molecule has 0 aliphatic rings. The van der Waals surface area contributed by atoms with Crippen molar-refractivity contribution in [1.29, 1.82) is 0 Å². The number of nitrogens with one attached hydrogen (secondary N) is 1. The van der Waals surface area contributed by atoms with Gasteiger partial charge in [0.1, 0.15) is 11.6 Å². The molecule has 21 heavy (non-hydrogen) atoms. The summed E-state index contributed by atoms with van der Waals surface area (Å²) < 4.78 is 0. The lowest BCUT2D eigenvalue weighted by molar-refractivity contribution is 0.776. The third kappa shape index (κ3) is 3.41. The molecule has 0 aliphatic heterocycles. The number of hydrogen-bond donors (Lipinski definition) is 1. The highest BCUT2D eigenvalue weighted by atomic mass is 15.0. The number of benzene rings is 1. The largest absolute Gasteiger partial charge is 0.370 e. The van der Waals surface area contributed by atoms with Crippen LogP contribution in [0.15, 0.2) is 18.2 Å². The maximum atomic E-state index is 4.77. The van der Waals surface area contributed by atoms with Gasteiger partial charge < -0.3 is 5.32 Å². The minimum absolute atomic E-state index is 0.314. The molecule has 0 spiro atoms. The topological polar surface area (TPSA) is 37.8 Å². The van der Waals surface area contributed by atoms with E-state index in [1.807, 2.05) is 6.07 Å². The molecular formula is C18H25N3. The van der Waals surface area contributed by atoms with Crippen molar-refractivity contribution in [3.8, 4) is 11.3 Å². The zero-order valence-electron chi connectivity index (χ0n) is 13.9. The molecule has 0 unspecified atom stereocenters. The molecule has 0 saturated heterocycles. The Hall–Kier alpha value is -1.90. The standard InChI is InChI=1S/C18H25N3/c1-7-19-17-10-16(20-18(21-17)11(2)3)15-9-13(5)12(4)8-14(15)6/h8-11H,7H2,1-6H3,(H,19,20,21). The van der Waals surface area contributed by atoms with Crippen LogP contribution in [0.2, 0.25) is 0 Å². The quantitative estimate of drug-likeness (QED) is 0.889. The molecule has 2 aromatic rings. The molecule has 0 radical (unpaired) electrons. The fourth-order valence-corrected chi connectivity index (χ4v) is 2.37. The van der Waals surface area contributed by atoms with Gasteiger partial charge in [0.05, 0.1) is 5.69 Å². The molecular weight excluding hydrogens is 258 g/mol. The average molecular weight is 283 g/mol. The van der Waals surface area contributed by atoms with Gasteiger partial charge in [0.2, 0.25) is 0 Å². The van der Waals surface area contributed by atoms with Gasteiger partial charge in [-0.15, -0.1) is 0 Å². The highest BCUT2D eigenvalue weighted by Gasteiger charge is 2.12. The molecule has 0 bridgehead atoms. The van der Waals surface area contributed by atoms with Gasteiger partial charge >= 0.3 is 0 Å². The van der Waals surface area contributed by atoms with E-state index in [-0.39, 0.29) is 0 Å². The maximum absolute atomic E-state index is 4.77. The number of hydrogen-bond acceptors (Lipinski definition) is 3. The summed E-state index contributed by atoms with van der Waals surface area (Å²) >= 11 is 0. The lowest BCUT2D eigenvalue weighted by Crippen LogP contribution is -2.06. The Bertz CT molecular complexity index is 645. The Morgan fingerprint density at radius 2 is 1.62 bits per heavy atom. The van der Waals surface area contributed by atoms with Gasteiger partial charge in [0.25, 0.3) is 0 Å². The average Bonchev–Trinajstić information content (AvgIpc) is 2.42. The van der Waals surface area contributed by atoms with E-state index < -0.39 is 0 Å². The van der Waals surface area contributed by atoms with Gasteiger partial charge in [-0.1, -0.05) is 19.9 Å². The third-order valence-corrected chi connectivity index (χ3v) is 3.73. The van der Waals surface area contributed by atoms with E-state index >= 15 is 0 Å². The summed E-state index contributed by atoms with van der Waals surface area (Å²) in [6.07, 6.45) is 0. The molecule has 112 valence electrons. The lowest BCUT2D eigenvalue weighted by atomic mass is 9.98. The Morgan fingerprint density at radius 1 is 0.952 bits per heavy atom. The summed E-state index contributed by atoms with van der Waals surface area (Å²) in [7, 11) is 0. The first-order valence-electron chi connectivity index (χ1n) is 7.63. The van der Waals surface area contributed by atoms with Crippen LogP contribution in [-0.4, -0.2) is 16.5 Å². The number of nitrogens with zero attached hydrogens (tertiary/aromatic N) is 2. The van der Waals surface area contributed by atoms with Gasteiger partial charge in [0, 0.05) is 24.1 Å². The van der Waals surface area contributed by atoms with Crippen LogP contribution in [0.5, 0.6) is 0 Å². The first-order chi connectivity index (χ1) is 9.92. The minimum Gasteiger partial charge on any atom is -0.370 e. The molecule has 3 nitrogen and oxygen atoms in total.